The second-order valence-corrected chi connectivity index (χ2v) is 8.11. The minimum absolute atomic E-state index is 0.0765. The average molecular weight is 404 g/mol. The first-order chi connectivity index (χ1) is 14.7. The molecular formula is C25H29N3O2. The van der Waals surface area contributed by atoms with Gasteiger partial charge in [-0.1, -0.05) is 42.5 Å². The van der Waals surface area contributed by atoms with E-state index in [1.165, 1.54) is 18.4 Å². The molecule has 4 rings (SSSR count). The smallest absolute Gasteiger partial charge is 0.255 e. The average Bonchev–Trinajstić information content (AvgIpc) is 3.19. The van der Waals surface area contributed by atoms with E-state index < -0.39 is 0 Å². The van der Waals surface area contributed by atoms with Crippen LogP contribution < -0.4 is 10.1 Å². The molecule has 1 fully saturated rings. The van der Waals surface area contributed by atoms with Gasteiger partial charge in [0.15, 0.2) is 0 Å². The van der Waals surface area contributed by atoms with Gasteiger partial charge in [0, 0.05) is 17.8 Å². The van der Waals surface area contributed by atoms with Gasteiger partial charge in [0.2, 0.25) is 0 Å². The number of nitrogens with one attached hydrogen (secondary N) is 2. The molecule has 5 heteroatoms. The van der Waals surface area contributed by atoms with Gasteiger partial charge in [0.1, 0.15) is 11.4 Å². The molecule has 3 aromatic rings. The molecule has 2 N–H and O–H groups in total. The highest BCUT2D eigenvalue weighted by Gasteiger charge is 2.25. The van der Waals surface area contributed by atoms with Gasteiger partial charge in [-0.3, -0.25) is 9.89 Å². The van der Waals surface area contributed by atoms with Gasteiger partial charge in [0.25, 0.3) is 5.91 Å². The molecule has 0 unspecified atom stereocenters. The van der Waals surface area contributed by atoms with Crippen molar-refractivity contribution in [1.29, 1.82) is 0 Å². The first-order valence-corrected chi connectivity index (χ1v) is 10.7. The molecule has 1 aliphatic rings. The third kappa shape index (κ3) is 4.25. The molecule has 1 amide bonds. The summed E-state index contributed by atoms with van der Waals surface area (Å²) in [6.07, 6.45) is 4.65. The third-order valence-electron chi connectivity index (χ3n) is 6.21. The van der Waals surface area contributed by atoms with Gasteiger partial charge in [0.05, 0.1) is 12.7 Å². The predicted octanol–water partition coefficient (Wildman–Crippen LogP) is 5.10. The molecule has 0 aliphatic heterocycles. The molecule has 1 saturated carbocycles. The van der Waals surface area contributed by atoms with Crippen molar-refractivity contribution in [3.8, 4) is 17.0 Å². The normalized spacial score (nSPS) is 18.7. The van der Waals surface area contributed by atoms with E-state index in [4.69, 9.17) is 4.74 Å². The minimum atomic E-state index is -0.0765. The Morgan fingerprint density at radius 2 is 1.77 bits per heavy atom. The van der Waals surface area contributed by atoms with E-state index in [0.717, 1.165) is 24.1 Å². The van der Waals surface area contributed by atoms with Crippen LogP contribution in [0.1, 0.15) is 53.2 Å². The molecule has 0 bridgehead atoms. The number of ether oxygens (including phenoxy) is 1. The van der Waals surface area contributed by atoms with Crippen LogP contribution in [0.15, 0.2) is 54.6 Å². The van der Waals surface area contributed by atoms with E-state index in [1.807, 2.05) is 31.2 Å². The highest BCUT2D eigenvalue weighted by Crippen LogP contribution is 2.36. The summed E-state index contributed by atoms with van der Waals surface area (Å²) < 4.78 is 5.46. The van der Waals surface area contributed by atoms with E-state index >= 15 is 0 Å². The van der Waals surface area contributed by atoms with Crippen molar-refractivity contribution in [3.05, 3.63) is 71.4 Å². The monoisotopic (exact) mass is 403 g/mol. The number of benzene rings is 2. The molecule has 1 aliphatic carbocycles. The summed E-state index contributed by atoms with van der Waals surface area (Å²) in [4.78, 5) is 13.0. The molecule has 1 heterocycles. The van der Waals surface area contributed by atoms with Crippen molar-refractivity contribution in [2.24, 2.45) is 5.92 Å². The van der Waals surface area contributed by atoms with Crippen molar-refractivity contribution in [2.45, 2.75) is 38.5 Å². The SMILES string of the molecule is COc1ccccc1-c1n[nH]c(C)c1C(=O)NCC1CCC(c2ccccc2)CC1. The van der Waals surface area contributed by atoms with Crippen LogP contribution in [0, 0.1) is 12.8 Å². The maximum atomic E-state index is 13.0. The lowest BCUT2D eigenvalue weighted by molar-refractivity contribution is 0.0943. The van der Waals surface area contributed by atoms with E-state index in [9.17, 15) is 4.79 Å². The number of para-hydroxylation sites is 1. The van der Waals surface area contributed by atoms with Crippen LogP contribution in [0.25, 0.3) is 11.3 Å². The Hall–Kier alpha value is -3.08. The predicted molar refractivity (Wildman–Crippen MR) is 119 cm³/mol. The Kier molecular flexibility index (Phi) is 6.17. The summed E-state index contributed by atoms with van der Waals surface area (Å²) in [5, 5.41) is 10.5. The number of nitrogens with zero attached hydrogens (tertiary/aromatic N) is 1. The number of aromatic amines is 1. The Labute approximate surface area is 177 Å². The first-order valence-electron chi connectivity index (χ1n) is 10.7. The van der Waals surface area contributed by atoms with Crippen LogP contribution >= 0.6 is 0 Å². The Morgan fingerprint density at radius 3 is 2.50 bits per heavy atom. The number of hydrogen-bond donors (Lipinski definition) is 2. The number of H-pyrrole nitrogens is 1. The van der Waals surface area contributed by atoms with E-state index in [2.05, 4.69) is 45.8 Å². The Morgan fingerprint density at radius 1 is 1.07 bits per heavy atom. The second kappa shape index (κ2) is 9.16. The highest BCUT2D eigenvalue weighted by molar-refractivity contribution is 6.01. The fourth-order valence-corrected chi connectivity index (χ4v) is 4.49. The van der Waals surface area contributed by atoms with E-state index in [0.29, 0.717) is 35.4 Å². The fourth-order valence-electron chi connectivity index (χ4n) is 4.49. The zero-order valence-electron chi connectivity index (χ0n) is 17.7. The first kappa shape index (κ1) is 20.2. The van der Waals surface area contributed by atoms with Crippen LogP contribution in [-0.2, 0) is 0 Å². The highest BCUT2D eigenvalue weighted by atomic mass is 16.5. The number of hydrogen-bond acceptors (Lipinski definition) is 3. The maximum Gasteiger partial charge on any atom is 0.255 e. The number of aromatic nitrogens is 2. The Bertz CT molecular complexity index is 989. The lowest BCUT2D eigenvalue weighted by Crippen LogP contribution is -2.31. The number of amides is 1. The molecule has 0 saturated heterocycles. The molecule has 2 aromatic carbocycles. The van der Waals surface area contributed by atoms with Gasteiger partial charge in [-0.2, -0.15) is 5.10 Å². The quantitative estimate of drug-likeness (QED) is 0.602. The fraction of sp³-hybridized carbons (Fsp3) is 0.360. The lowest BCUT2D eigenvalue weighted by atomic mass is 9.78. The van der Waals surface area contributed by atoms with Gasteiger partial charge in [-0.25, -0.2) is 0 Å². The molecule has 1 aromatic heterocycles. The zero-order valence-corrected chi connectivity index (χ0v) is 17.7. The molecule has 0 atom stereocenters. The largest absolute Gasteiger partial charge is 0.496 e. The number of carbonyl (C=O) groups excluding carboxylic acids is 1. The summed E-state index contributed by atoms with van der Waals surface area (Å²) in [6.45, 7) is 2.59. The number of rotatable bonds is 6. The zero-order chi connectivity index (χ0) is 20.9. The van der Waals surface area contributed by atoms with E-state index in [1.54, 1.807) is 7.11 Å². The van der Waals surface area contributed by atoms with Crippen molar-refractivity contribution >= 4 is 5.91 Å². The van der Waals surface area contributed by atoms with Gasteiger partial charge in [-0.15, -0.1) is 0 Å². The summed E-state index contributed by atoms with van der Waals surface area (Å²) in [5.41, 5.74) is 4.25. The third-order valence-corrected chi connectivity index (χ3v) is 6.21. The summed E-state index contributed by atoms with van der Waals surface area (Å²) in [5.74, 6) is 1.80. The number of aryl methyl sites for hydroxylation is 1. The summed E-state index contributed by atoms with van der Waals surface area (Å²) >= 11 is 0. The van der Waals surface area contributed by atoms with Crippen molar-refractivity contribution in [2.75, 3.05) is 13.7 Å². The topological polar surface area (TPSA) is 67.0 Å². The standard InChI is InChI=1S/C25H29N3O2/c1-17-23(24(28-27-17)21-10-6-7-11-22(21)30-2)25(29)26-16-18-12-14-20(15-13-18)19-8-4-3-5-9-19/h3-11,18,20H,12-16H2,1-2H3,(H,26,29)(H,27,28). The van der Waals surface area contributed by atoms with E-state index in [-0.39, 0.29) is 5.91 Å². The molecular weight excluding hydrogens is 374 g/mol. The molecule has 0 radical (unpaired) electrons. The molecule has 156 valence electrons. The van der Waals surface area contributed by atoms with Crippen LogP contribution in [0.5, 0.6) is 5.75 Å². The van der Waals surface area contributed by atoms with Crippen molar-refractivity contribution in [1.82, 2.24) is 15.5 Å². The second-order valence-electron chi connectivity index (χ2n) is 8.11. The Balaban J connectivity index is 1.39. The number of methoxy groups -OCH3 is 1. The van der Waals surface area contributed by atoms with Crippen LogP contribution in [0.3, 0.4) is 0 Å². The van der Waals surface area contributed by atoms with Crippen molar-refractivity contribution < 1.29 is 9.53 Å². The lowest BCUT2D eigenvalue weighted by Gasteiger charge is -2.29. The summed E-state index contributed by atoms with van der Waals surface area (Å²) in [6, 6.07) is 18.4. The summed E-state index contributed by atoms with van der Waals surface area (Å²) in [7, 11) is 1.63. The van der Waals surface area contributed by atoms with Gasteiger partial charge >= 0.3 is 0 Å². The van der Waals surface area contributed by atoms with Crippen molar-refractivity contribution in [3.63, 3.8) is 0 Å². The minimum Gasteiger partial charge on any atom is -0.496 e. The van der Waals surface area contributed by atoms with Crippen LogP contribution in [0.2, 0.25) is 0 Å². The molecule has 30 heavy (non-hydrogen) atoms. The van der Waals surface area contributed by atoms with Gasteiger partial charge in [-0.05, 0) is 62.1 Å². The van der Waals surface area contributed by atoms with Crippen LogP contribution in [-0.4, -0.2) is 29.8 Å². The molecule has 5 nitrogen and oxygen atoms in total. The van der Waals surface area contributed by atoms with Gasteiger partial charge < -0.3 is 10.1 Å². The molecule has 0 spiro atoms. The maximum absolute atomic E-state index is 13.0. The van der Waals surface area contributed by atoms with Crippen LogP contribution in [0.4, 0.5) is 0 Å². The number of carbonyl (C=O) groups is 1.